The summed E-state index contributed by atoms with van der Waals surface area (Å²) in [7, 11) is 1.67. The topological polar surface area (TPSA) is 29.5 Å². The van der Waals surface area contributed by atoms with Crippen LogP contribution in [0.3, 0.4) is 0 Å². The first-order valence-electron chi connectivity index (χ1n) is 7.23. The maximum absolute atomic E-state index is 12.2. The van der Waals surface area contributed by atoms with Crippen LogP contribution >= 0.6 is 11.8 Å². The van der Waals surface area contributed by atoms with Crippen molar-refractivity contribution in [3.05, 3.63) is 35.9 Å². The zero-order chi connectivity index (χ0) is 16.9. The Morgan fingerprint density at radius 1 is 1.26 bits per heavy atom. The Labute approximate surface area is 137 Å². The van der Waals surface area contributed by atoms with Gasteiger partial charge in [0, 0.05) is 31.2 Å². The number of benzene rings is 1. The SMILES string of the molecule is COC1CCN(C(=O)/C=C/c2ccc(SC(F)(F)F)cc2)CC1. The molecule has 7 heteroatoms. The maximum Gasteiger partial charge on any atom is 0.446 e. The molecule has 0 atom stereocenters. The third-order valence-corrected chi connectivity index (χ3v) is 4.36. The maximum atomic E-state index is 12.2. The van der Waals surface area contributed by atoms with E-state index in [9.17, 15) is 18.0 Å². The number of nitrogens with zero attached hydrogens (tertiary/aromatic N) is 1. The molecule has 0 bridgehead atoms. The van der Waals surface area contributed by atoms with Crippen molar-refractivity contribution < 1.29 is 22.7 Å². The van der Waals surface area contributed by atoms with Crippen LogP contribution in [-0.4, -0.2) is 42.6 Å². The second kappa shape index (κ2) is 7.88. The number of piperidine rings is 1. The Bertz CT molecular complexity index is 549. The molecule has 1 aliphatic rings. The largest absolute Gasteiger partial charge is 0.446 e. The van der Waals surface area contributed by atoms with Crippen LogP contribution in [0.15, 0.2) is 35.2 Å². The van der Waals surface area contributed by atoms with E-state index in [4.69, 9.17) is 4.74 Å². The van der Waals surface area contributed by atoms with Gasteiger partial charge in [0.15, 0.2) is 0 Å². The summed E-state index contributed by atoms with van der Waals surface area (Å²) in [5.74, 6) is -0.0895. The van der Waals surface area contributed by atoms with Crippen molar-refractivity contribution in [1.82, 2.24) is 4.90 Å². The molecule has 23 heavy (non-hydrogen) atoms. The number of thioether (sulfide) groups is 1. The van der Waals surface area contributed by atoms with Crippen LogP contribution in [0.4, 0.5) is 13.2 Å². The van der Waals surface area contributed by atoms with Crippen molar-refractivity contribution in [3.63, 3.8) is 0 Å². The van der Waals surface area contributed by atoms with Crippen LogP contribution in [0.1, 0.15) is 18.4 Å². The molecule has 0 spiro atoms. The number of ether oxygens (including phenoxy) is 1. The van der Waals surface area contributed by atoms with Crippen LogP contribution in [0.25, 0.3) is 6.08 Å². The molecule has 1 fully saturated rings. The van der Waals surface area contributed by atoms with Gasteiger partial charge in [0.25, 0.3) is 0 Å². The van der Waals surface area contributed by atoms with E-state index in [0.29, 0.717) is 18.7 Å². The van der Waals surface area contributed by atoms with Crippen molar-refractivity contribution in [1.29, 1.82) is 0 Å². The normalized spacial score (nSPS) is 17.0. The Balaban J connectivity index is 1.88. The van der Waals surface area contributed by atoms with Crippen LogP contribution in [0.2, 0.25) is 0 Å². The number of hydrogen-bond donors (Lipinski definition) is 0. The monoisotopic (exact) mass is 345 g/mol. The average molecular weight is 345 g/mol. The van der Waals surface area contributed by atoms with Gasteiger partial charge in [-0.25, -0.2) is 0 Å². The van der Waals surface area contributed by atoms with E-state index in [1.807, 2.05) is 0 Å². The molecule has 3 nitrogen and oxygen atoms in total. The number of methoxy groups -OCH3 is 1. The van der Waals surface area contributed by atoms with Crippen molar-refractivity contribution in [2.75, 3.05) is 20.2 Å². The lowest BCUT2D eigenvalue weighted by molar-refractivity contribution is -0.128. The molecule has 1 aromatic carbocycles. The molecule has 0 aliphatic carbocycles. The molecular formula is C16H18F3NO2S. The quantitative estimate of drug-likeness (QED) is 0.611. The summed E-state index contributed by atoms with van der Waals surface area (Å²) in [6, 6.07) is 5.92. The number of rotatable bonds is 4. The zero-order valence-corrected chi connectivity index (χ0v) is 13.5. The van der Waals surface area contributed by atoms with E-state index >= 15 is 0 Å². The number of hydrogen-bond acceptors (Lipinski definition) is 3. The summed E-state index contributed by atoms with van der Waals surface area (Å²) in [4.78, 5) is 13.9. The molecule has 0 radical (unpaired) electrons. The molecule has 1 saturated heterocycles. The fourth-order valence-electron chi connectivity index (χ4n) is 2.37. The minimum absolute atomic E-state index is 0.0895. The molecule has 0 aromatic heterocycles. The molecule has 126 valence electrons. The Hall–Kier alpha value is -1.47. The van der Waals surface area contributed by atoms with Crippen LogP contribution in [0.5, 0.6) is 0 Å². The number of alkyl halides is 3. The van der Waals surface area contributed by atoms with Crippen molar-refractivity contribution in [2.24, 2.45) is 0 Å². The van der Waals surface area contributed by atoms with Gasteiger partial charge < -0.3 is 9.64 Å². The first kappa shape index (κ1) is 17.9. The van der Waals surface area contributed by atoms with Crippen LogP contribution in [-0.2, 0) is 9.53 Å². The van der Waals surface area contributed by atoms with E-state index in [2.05, 4.69) is 0 Å². The number of amides is 1. The second-order valence-electron chi connectivity index (χ2n) is 5.21. The summed E-state index contributed by atoms with van der Waals surface area (Å²) in [5, 5.41) is 0. The molecule has 2 rings (SSSR count). The van der Waals surface area contributed by atoms with Gasteiger partial charge in [0.2, 0.25) is 5.91 Å². The molecule has 0 unspecified atom stereocenters. The van der Waals surface area contributed by atoms with E-state index < -0.39 is 5.51 Å². The van der Waals surface area contributed by atoms with Gasteiger partial charge in [0.1, 0.15) is 0 Å². The third kappa shape index (κ3) is 5.91. The fraction of sp³-hybridized carbons (Fsp3) is 0.438. The predicted molar refractivity (Wildman–Crippen MR) is 84.0 cm³/mol. The third-order valence-electron chi connectivity index (χ3n) is 3.62. The van der Waals surface area contributed by atoms with Crippen molar-refractivity contribution >= 4 is 23.7 Å². The minimum atomic E-state index is -4.29. The summed E-state index contributed by atoms with van der Waals surface area (Å²) in [6.45, 7) is 1.31. The highest BCUT2D eigenvalue weighted by Crippen LogP contribution is 2.36. The van der Waals surface area contributed by atoms with Gasteiger partial charge in [-0.1, -0.05) is 12.1 Å². The molecule has 1 aliphatic heterocycles. The number of carbonyl (C=O) groups excluding carboxylic acids is 1. The van der Waals surface area contributed by atoms with Gasteiger partial charge in [-0.3, -0.25) is 4.79 Å². The van der Waals surface area contributed by atoms with Crippen LogP contribution in [0, 0.1) is 0 Å². The van der Waals surface area contributed by atoms with Crippen LogP contribution < -0.4 is 0 Å². The first-order chi connectivity index (χ1) is 10.9. The minimum Gasteiger partial charge on any atom is -0.381 e. The van der Waals surface area contributed by atoms with Crippen molar-refractivity contribution in [3.8, 4) is 0 Å². The van der Waals surface area contributed by atoms with Gasteiger partial charge in [-0.05, 0) is 48.4 Å². The number of likely N-dealkylation sites (tertiary alicyclic amines) is 1. The summed E-state index contributed by atoms with van der Waals surface area (Å²) < 4.78 is 42.0. The summed E-state index contributed by atoms with van der Waals surface area (Å²) in [5.41, 5.74) is -3.60. The van der Waals surface area contributed by atoms with Crippen molar-refractivity contribution in [2.45, 2.75) is 29.3 Å². The lowest BCUT2D eigenvalue weighted by atomic mass is 10.1. The van der Waals surface area contributed by atoms with E-state index in [0.717, 1.165) is 12.8 Å². The second-order valence-corrected chi connectivity index (χ2v) is 6.35. The van der Waals surface area contributed by atoms with E-state index in [-0.39, 0.29) is 28.7 Å². The fourth-order valence-corrected chi connectivity index (χ4v) is 2.90. The molecular weight excluding hydrogens is 327 g/mol. The highest BCUT2D eigenvalue weighted by molar-refractivity contribution is 8.00. The summed E-state index contributed by atoms with van der Waals surface area (Å²) >= 11 is -0.152. The lowest BCUT2D eigenvalue weighted by Gasteiger charge is -2.30. The molecule has 0 N–H and O–H groups in total. The van der Waals surface area contributed by atoms with E-state index in [1.54, 1.807) is 30.2 Å². The Kier molecular flexibility index (Phi) is 6.12. The van der Waals surface area contributed by atoms with Gasteiger partial charge in [-0.2, -0.15) is 13.2 Å². The highest BCUT2D eigenvalue weighted by Gasteiger charge is 2.29. The smallest absolute Gasteiger partial charge is 0.381 e. The molecule has 1 heterocycles. The highest BCUT2D eigenvalue weighted by atomic mass is 32.2. The standard InChI is InChI=1S/C16H18F3NO2S/c1-22-13-8-10-20(11-9-13)15(21)7-4-12-2-5-14(6-3-12)23-16(17,18)19/h2-7,13H,8-11H2,1H3/b7-4+. The average Bonchev–Trinajstić information content (AvgIpc) is 2.52. The number of carbonyl (C=O) groups is 1. The Morgan fingerprint density at radius 3 is 2.39 bits per heavy atom. The lowest BCUT2D eigenvalue weighted by Crippen LogP contribution is -2.39. The van der Waals surface area contributed by atoms with Gasteiger partial charge >= 0.3 is 5.51 Å². The first-order valence-corrected chi connectivity index (χ1v) is 8.04. The van der Waals surface area contributed by atoms with Gasteiger partial charge in [0.05, 0.1) is 6.10 Å². The number of halogens is 3. The predicted octanol–water partition coefficient (Wildman–Crippen LogP) is 3.95. The molecule has 1 aromatic rings. The Morgan fingerprint density at radius 2 is 1.87 bits per heavy atom. The zero-order valence-electron chi connectivity index (χ0n) is 12.7. The molecule has 0 saturated carbocycles. The van der Waals surface area contributed by atoms with E-state index in [1.165, 1.54) is 18.2 Å². The summed E-state index contributed by atoms with van der Waals surface area (Å²) in [6.07, 6.45) is 4.92. The van der Waals surface area contributed by atoms with Gasteiger partial charge in [-0.15, -0.1) is 0 Å². The molecule has 1 amide bonds.